The zero-order valence-electron chi connectivity index (χ0n) is 13.8. The Labute approximate surface area is 141 Å². The minimum atomic E-state index is -0.527. The second kappa shape index (κ2) is 7.76. The summed E-state index contributed by atoms with van der Waals surface area (Å²) < 4.78 is 5.32. The van der Waals surface area contributed by atoms with Crippen LogP contribution in [-0.4, -0.2) is 66.3 Å². The molecule has 2 amide bonds. The van der Waals surface area contributed by atoms with Gasteiger partial charge < -0.3 is 15.8 Å². The Morgan fingerprint density at radius 2 is 2.33 bits per heavy atom. The fraction of sp³-hybridized carbons (Fsp3) is 0.688. The molecule has 0 saturated carbocycles. The van der Waals surface area contributed by atoms with Gasteiger partial charge in [0.05, 0.1) is 13.2 Å². The number of rotatable bonds is 6. The number of amides is 2. The first-order valence-electron chi connectivity index (χ1n) is 8.53. The number of primary amides is 1. The molecule has 8 heteroatoms. The minimum Gasteiger partial charge on any atom is -0.381 e. The zero-order valence-corrected chi connectivity index (χ0v) is 13.8. The number of carbonyl (C=O) groups is 2. The van der Waals surface area contributed by atoms with Crippen LogP contribution in [0, 0.1) is 5.92 Å². The van der Waals surface area contributed by atoms with Crippen LogP contribution in [-0.2, 0) is 9.53 Å². The van der Waals surface area contributed by atoms with Crippen LogP contribution < -0.4 is 11.1 Å². The van der Waals surface area contributed by atoms with Crippen LogP contribution in [0.5, 0.6) is 0 Å². The van der Waals surface area contributed by atoms with Crippen LogP contribution in [0.3, 0.4) is 0 Å². The predicted octanol–water partition coefficient (Wildman–Crippen LogP) is -0.159. The summed E-state index contributed by atoms with van der Waals surface area (Å²) in [5.41, 5.74) is 6.42. The van der Waals surface area contributed by atoms with E-state index in [1.807, 2.05) is 0 Å². The molecule has 2 aliphatic heterocycles. The number of nitrogens with one attached hydrogen (secondary N) is 2. The van der Waals surface area contributed by atoms with Crippen molar-refractivity contribution in [3.8, 4) is 0 Å². The number of carbonyl (C=O) groups excluding carboxylic acids is 2. The number of nitrogens with two attached hydrogens (primary N) is 1. The molecule has 0 aromatic carbocycles. The summed E-state index contributed by atoms with van der Waals surface area (Å²) in [6.07, 6.45) is 3.05. The van der Waals surface area contributed by atoms with Crippen molar-refractivity contribution in [2.24, 2.45) is 11.7 Å². The lowest BCUT2D eigenvalue weighted by Gasteiger charge is -2.31. The van der Waals surface area contributed by atoms with E-state index in [2.05, 4.69) is 20.4 Å². The van der Waals surface area contributed by atoms with Crippen LogP contribution >= 0.6 is 0 Å². The van der Waals surface area contributed by atoms with Crippen molar-refractivity contribution < 1.29 is 14.3 Å². The Hall–Kier alpha value is -1.93. The Balaban J connectivity index is 1.47. The lowest BCUT2D eigenvalue weighted by Crippen LogP contribution is -2.43. The number of likely N-dealkylation sites (tertiary alicyclic amines) is 1. The summed E-state index contributed by atoms with van der Waals surface area (Å²) in [4.78, 5) is 25.4. The van der Waals surface area contributed by atoms with Gasteiger partial charge in [-0.1, -0.05) is 0 Å². The molecule has 2 saturated heterocycles. The van der Waals surface area contributed by atoms with Crippen LogP contribution in [0.15, 0.2) is 6.07 Å². The van der Waals surface area contributed by atoms with Gasteiger partial charge in [0.15, 0.2) is 0 Å². The van der Waals surface area contributed by atoms with Crippen LogP contribution in [0.1, 0.15) is 41.4 Å². The predicted molar refractivity (Wildman–Crippen MR) is 87.5 cm³/mol. The molecule has 132 valence electrons. The van der Waals surface area contributed by atoms with E-state index in [-0.39, 0.29) is 17.5 Å². The number of aromatic amines is 1. The number of ether oxygens (including phenoxy) is 1. The monoisotopic (exact) mass is 335 g/mol. The van der Waals surface area contributed by atoms with Gasteiger partial charge in [-0.3, -0.25) is 19.6 Å². The fourth-order valence-corrected chi connectivity index (χ4v) is 3.39. The van der Waals surface area contributed by atoms with Gasteiger partial charge in [-0.15, -0.1) is 0 Å². The van der Waals surface area contributed by atoms with E-state index < -0.39 is 5.91 Å². The molecule has 8 nitrogen and oxygen atoms in total. The largest absolute Gasteiger partial charge is 0.381 e. The van der Waals surface area contributed by atoms with Crippen molar-refractivity contribution in [2.45, 2.75) is 25.2 Å². The van der Waals surface area contributed by atoms with Gasteiger partial charge >= 0.3 is 0 Å². The number of H-pyrrole nitrogens is 1. The quantitative estimate of drug-likeness (QED) is 0.668. The van der Waals surface area contributed by atoms with E-state index in [4.69, 9.17) is 10.5 Å². The highest BCUT2D eigenvalue weighted by Crippen LogP contribution is 2.25. The SMILES string of the molecule is NC(=O)c1cc(C2CCCN(CC(=O)NCC3CCOC3)C2)[nH]n1. The molecule has 3 heterocycles. The normalized spacial score (nSPS) is 24.8. The lowest BCUT2D eigenvalue weighted by atomic mass is 9.94. The van der Waals surface area contributed by atoms with Gasteiger partial charge in [0.25, 0.3) is 5.91 Å². The maximum Gasteiger partial charge on any atom is 0.269 e. The first kappa shape index (κ1) is 16.9. The van der Waals surface area contributed by atoms with E-state index in [9.17, 15) is 9.59 Å². The first-order valence-corrected chi connectivity index (χ1v) is 8.53. The number of aromatic nitrogens is 2. The van der Waals surface area contributed by atoms with E-state index in [1.54, 1.807) is 6.07 Å². The van der Waals surface area contributed by atoms with Crippen molar-refractivity contribution in [3.63, 3.8) is 0 Å². The fourth-order valence-electron chi connectivity index (χ4n) is 3.39. The molecular weight excluding hydrogens is 310 g/mol. The van der Waals surface area contributed by atoms with Crippen LogP contribution in [0.2, 0.25) is 0 Å². The van der Waals surface area contributed by atoms with E-state index in [0.717, 1.165) is 51.3 Å². The summed E-state index contributed by atoms with van der Waals surface area (Å²) in [6.45, 7) is 4.33. The summed E-state index contributed by atoms with van der Waals surface area (Å²) in [5, 5.41) is 9.85. The summed E-state index contributed by atoms with van der Waals surface area (Å²) in [6, 6.07) is 1.72. The Kier molecular flexibility index (Phi) is 5.47. The summed E-state index contributed by atoms with van der Waals surface area (Å²) in [7, 11) is 0. The molecule has 0 bridgehead atoms. The Morgan fingerprint density at radius 3 is 3.04 bits per heavy atom. The van der Waals surface area contributed by atoms with Gasteiger partial charge in [0, 0.05) is 37.2 Å². The van der Waals surface area contributed by atoms with Crippen LogP contribution in [0.25, 0.3) is 0 Å². The van der Waals surface area contributed by atoms with Gasteiger partial charge in [-0.25, -0.2) is 0 Å². The molecule has 2 unspecified atom stereocenters. The van der Waals surface area contributed by atoms with E-state index in [0.29, 0.717) is 19.0 Å². The summed E-state index contributed by atoms with van der Waals surface area (Å²) in [5.74, 6) is 0.223. The smallest absolute Gasteiger partial charge is 0.269 e. The average molecular weight is 335 g/mol. The van der Waals surface area contributed by atoms with Gasteiger partial charge in [-0.2, -0.15) is 5.10 Å². The molecule has 0 spiro atoms. The maximum atomic E-state index is 12.1. The topological polar surface area (TPSA) is 113 Å². The van der Waals surface area contributed by atoms with Gasteiger partial charge in [0.2, 0.25) is 5.91 Å². The highest BCUT2D eigenvalue weighted by molar-refractivity contribution is 5.90. The number of hydrogen-bond acceptors (Lipinski definition) is 5. The van der Waals surface area contributed by atoms with Crippen molar-refractivity contribution in [1.82, 2.24) is 20.4 Å². The third kappa shape index (κ3) is 4.33. The minimum absolute atomic E-state index is 0.0602. The zero-order chi connectivity index (χ0) is 16.9. The number of nitrogens with zero attached hydrogens (tertiary/aromatic N) is 2. The molecule has 24 heavy (non-hydrogen) atoms. The standard InChI is InChI=1S/C16H25N5O3/c17-16(23)14-6-13(19-20-14)12-2-1-4-21(8-12)9-15(22)18-7-11-3-5-24-10-11/h6,11-12H,1-5,7-10H2,(H2,17,23)(H,18,22)(H,19,20). The summed E-state index contributed by atoms with van der Waals surface area (Å²) >= 11 is 0. The number of piperidine rings is 1. The van der Waals surface area contributed by atoms with Crippen molar-refractivity contribution in [2.75, 3.05) is 39.4 Å². The number of hydrogen-bond donors (Lipinski definition) is 3. The molecular formula is C16H25N5O3. The Morgan fingerprint density at radius 1 is 1.46 bits per heavy atom. The molecule has 4 N–H and O–H groups in total. The van der Waals surface area contributed by atoms with E-state index >= 15 is 0 Å². The van der Waals surface area contributed by atoms with Crippen molar-refractivity contribution in [1.29, 1.82) is 0 Å². The van der Waals surface area contributed by atoms with Crippen LogP contribution in [0.4, 0.5) is 0 Å². The second-order valence-electron chi connectivity index (χ2n) is 6.68. The van der Waals surface area contributed by atoms with Gasteiger partial charge in [0.1, 0.15) is 5.69 Å². The average Bonchev–Trinajstić information content (AvgIpc) is 3.25. The maximum absolute atomic E-state index is 12.1. The third-order valence-corrected chi connectivity index (χ3v) is 4.77. The Bertz CT molecular complexity index is 582. The molecule has 2 atom stereocenters. The molecule has 3 rings (SSSR count). The molecule has 1 aromatic heterocycles. The second-order valence-corrected chi connectivity index (χ2v) is 6.68. The third-order valence-electron chi connectivity index (χ3n) is 4.77. The first-order chi connectivity index (χ1) is 11.6. The van der Waals surface area contributed by atoms with E-state index in [1.165, 1.54) is 0 Å². The molecule has 0 radical (unpaired) electrons. The molecule has 2 aliphatic rings. The highest BCUT2D eigenvalue weighted by atomic mass is 16.5. The highest BCUT2D eigenvalue weighted by Gasteiger charge is 2.25. The molecule has 1 aromatic rings. The molecule has 0 aliphatic carbocycles. The molecule has 2 fully saturated rings. The van der Waals surface area contributed by atoms with Crippen molar-refractivity contribution in [3.05, 3.63) is 17.5 Å². The lowest BCUT2D eigenvalue weighted by molar-refractivity contribution is -0.122. The van der Waals surface area contributed by atoms with Crippen molar-refractivity contribution >= 4 is 11.8 Å². The van der Waals surface area contributed by atoms with Gasteiger partial charge in [-0.05, 0) is 31.9 Å².